The fourth-order valence-corrected chi connectivity index (χ4v) is 3.49. The minimum Gasteiger partial charge on any atom is -0.478 e. The van der Waals surface area contributed by atoms with Gasteiger partial charge in [-0.15, -0.1) is 0 Å². The Hall–Kier alpha value is -3.37. The van der Waals surface area contributed by atoms with E-state index >= 15 is 0 Å². The fraction of sp³-hybridized carbons (Fsp3) is 0.391. The van der Waals surface area contributed by atoms with Gasteiger partial charge in [-0.3, -0.25) is 9.59 Å². The summed E-state index contributed by atoms with van der Waals surface area (Å²) in [6, 6.07) is 7.13. The van der Waals surface area contributed by atoms with E-state index in [1.165, 1.54) is 11.6 Å². The maximum atomic E-state index is 12.5. The van der Waals surface area contributed by atoms with Gasteiger partial charge >= 0.3 is 0 Å². The van der Waals surface area contributed by atoms with Crippen LogP contribution in [0.4, 0.5) is 17.5 Å². The summed E-state index contributed by atoms with van der Waals surface area (Å²) in [5.41, 5.74) is 1.12. The van der Waals surface area contributed by atoms with Crippen molar-refractivity contribution in [3.8, 4) is 5.75 Å². The van der Waals surface area contributed by atoms with E-state index in [0.29, 0.717) is 43.1 Å². The van der Waals surface area contributed by atoms with Gasteiger partial charge in [0.25, 0.3) is 11.5 Å². The molecule has 1 aliphatic heterocycles. The molecule has 182 valence electrons. The molecule has 4 rings (SSSR count). The quantitative estimate of drug-likeness (QED) is 0.545. The van der Waals surface area contributed by atoms with Crippen LogP contribution in [-0.2, 0) is 16.6 Å². The lowest BCUT2D eigenvalue weighted by Gasteiger charge is -2.27. The Labute approximate surface area is 202 Å². The smallest absolute Gasteiger partial charge is 0.293 e. The summed E-state index contributed by atoms with van der Waals surface area (Å²) >= 11 is 6.33. The number of nitrogens with one attached hydrogen (secondary N) is 2. The van der Waals surface area contributed by atoms with Gasteiger partial charge in [0.15, 0.2) is 18.2 Å². The predicted molar refractivity (Wildman–Crippen MR) is 133 cm³/mol. The minimum absolute atomic E-state index is 0.0930. The van der Waals surface area contributed by atoms with Gasteiger partial charge < -0.3 is 29.6 Å². The summed E-state index contributed by atoms with van der Waals surface area (Å²) in [6.07, 6.45) is 1.57. The van der Waals surface area contributed by atoms with E-state index in [2.05, 4.69) is 20.6 Å². The third kappa shape index (κ3) is 5.75. The van der Waals surface area contributed by atoms with Crippen molar-refractivity contribution in [2.45, 2.75) is 13.8 Å². The number of halogens is 1. The number of nitrogens with zero attached hydrogens (tertiary/aromatic N) is 4. The number of hydrogen-bond acceptors (Lipinski definition) is 8. The Morgan fingerprint density at radius 3 is 2.68 bits per heavy atom. The number of benzene rings is 1. The first-order valence-electron chi connectivity index (χ1n) is 11.1. The SMILES string of the molecule is CC.CNC(=O)COc1cc2cc(Nc3nc(N4CCOCC4)ncc3Cl)ccc2n(C)c1=O. The van der Waals surface area contributed by atoms with Crippen LogP contribution in [0.1, 0.15) is 13.8 Å². The number of fused-ring (bicyclic) bond motifs is 1. The zero-order valence-electron chi connectivity index (χ0n) is 19.7. The lowest BCUT2D eigenvalue weighted by Crippen LogP contribution is -2.37. The molecule has 0 radical (unpaired) electrons. The molecule has 0 bridgehead atoms. The minimum atomic E-state index is -0.323. The molecule has 0 saturated carbocycles. The van der Waals surface area contributed by atoms with Gasteiger partial charge in [0.1, 0.15) is 5.02 Å². The van der Waals surface area contributed by atoms with Crippen LogP contribution in [0.15, 0.2) is 35.3 Å². The van der Waals surface area contributed by atoms with Crippen molar-refractivity contribution in [3.63, 3.8) is 0 Å². The third-order valence-corrected chi connectivity index (χ3v) is 5.39. The average Bonchev–Trinajstić information content (AvgIpc) is 2.88. The van der Waals surface area contributed by atoms with Gasteiger partial charge in [-0.2, -0.15) is 4.98 Å². The maximum Gasteiger partial charge on any atom is 0.293 e. The second kappa shape index (κ2) is 11.7. The van der Waals surface area contributed by atoms with Crippen LogP contribution in [0.3, 0.4) is 0 Å². The van der Waals surface area contributed by atoms with Crippen LogP contribution in [0, 0.1) is 0 Å². The number of morpholine rings is 1. The van der Waals surface area contributed by atoms with Crippen molar-refractivity contribution < 1.29 is 14.3 Å². The van der Waals surface area contributed by atoms with E-state index < -0.39 is 0 Å². The molecule has 1 aromatic carbocycles. The van der Waals surface area contributed by atoms with E-state index in [0.717, 1.165) is 16.6 Å². The fourth-order valence-electron chi connectivity index (χ4n) is 3.35. The monoisotopic (exact) mass is 488 g/mol. The van der Waals surface area contributed by atoms with E-state index in [-0.39, 0.29) is 23.8 Å². The number of carbonyl (C=O) groups excluding carboxylic acids is 1. The second-order valence-corrected chi connectivity index (χ2v) is 7.61. The molecule has 34 heavy (non-hydrogen) atoms. The molecule has 11 heteroatoms. The zero-order valence-corrected chi connectivity index (χ0v) is 20.5. The Morgan fingerprint density at radius 1 is 1.24 bits per heavy atom. The molecule has 0 spiro atoms. The third-order valence-electron chi connectivity index (χ3n) is 5.12. The van der Waals surface area contributed by atoms with Crippen LogP contribution in [0.2, 0.25) is 5.02 Å². The highest BCUT2D eigenvalue weighted by molar-refractivity contribution is 6.32. The summed E-state index contributed by atoms with van der Waals surface area (Å²) in [6.45, 7) is 6.44. The van der Waals surface area contributed by atoms with Crippen molar-refractivity contribution in [2.75, 3.05) is 50.2 Å². The summed E-state index contributed by atoms with van der Waals surface area (Å²) in [4.78, 5) is 35.0. The first kappa shape index (κ1) is 25.3. The molecule has 1 aliphatic rings. The molecule has 0 atom stereocenters. The maximum absolute atomic E-state index is 12.5. The number of aromatic nitrogens is 3. The zero-order chi connectivity index (χ0) is 24.7. The standard InChI is InChI=1S/C21H23ClN6O4.C2H6/c1-23-18(29)12-32-17-10-13-9-14(3-4-16(13)27(2)20(17)30)25-19-15(22)11-24-21(26-19)28-5-7-31-8-6-28;1-2/h3-4,9-11H,5-8,12H2,1-2H3,(H,23,29)(H,24,25,26);1-2H3. The summed E-state index contributed by atoms with van der Waals surface area (Å²) in [7, 11) is 3.16. The van der Waals surface area contributed by atoms with Crippen LogP contribution < -0.4 is 25.8 Å². The topological polar surface area (TPSA) is 111 Å². The van der Waals surface area contributed by atoms with Gasteiger partial charge in [-0.25, -0.2) is 4.98 Å². The highest BCUT2D eigenvalue weighted by Crippen LogP contribution is 2.27. The summed E-state index contributed by atoms with van der Waals surface area (Å²) in [5, 5.41) is 6.82. The molecule has 1 amide bonds. The van der Waals surface area contributed by atoms with Crippen LogP contribution >= 0.6 is 11.6 Å². The molecule has 10 nitrogen and oxygen atoms in total. The number of carbonyl (C=O) groups is 1. The lowest BCUT2D eigenvalue weighted by molar-refractivity contribution is -0.122. The number of ether oxygens (including phenoxy) is 2. The Bertz CT molecular complexity index is 1210. The average molecular weight is 489 g/mol. The molecule has 0 aliphatic carbocycles. The van der Waals surface area contributed by atoms with Crippen LogP contribution in [0.25, 0.3) is 10.9 Å². The van der Waals surface area contributed by atoms with Crippen LogP contribution in [0.5, 0.6) is 5.75 Å². The predicted octanol–water partition coefficient (Wildman–Crippen LogP) is 2.71. The van der Waals surface area contributed by atoms with Gasteiger partial charge in [0.2, 0.25) is 5.95 Å². The molecule has 1 fully saturated rings. The first-order valence-corrected chi connectivity index (χ1v) is 11.4. The van der Waals surface area contributed by atoms with E-state index in [9.17, 15) is 9.59 Å². The molecule has 2 N–H and O–H groups in total. The van der Waals surface area contributed by atoms with E-state index in [4.69, 9.17) is 21.1 Å². The highest BCUT2D eigenvalue weighted by Gasteiger charge is 2.16. The largest absolute Gasteiger partial charge is 0.478 e. The van der Waals surface area contributed by atoms with E-state index in [1.54, 1.807) is 19.3 Å². The molecular weight excluding hydrogens is 460 g/mol. The van der Waals surface area contributed by atoms with E-state index in [1.807, 2.05) is 36.9 Å². The van der Waals surface area contributed by atoms with Crippen molar-refractivity contribution in [2.24, 2.45) is 7.05 Å². The number of likely N-dealkylation sites (N-methyl/N-ethyl adjacent to an activating group) is 1. The molecule has 1 saturated heterocycles. The number of amides is 1. The van der Waals surface area contributed by atoms with Crippen LogP contribution in [-0.4, -0.2) is 60.4 Å². The van der Waals surface area contributed by atoms with Crippen molar-refractivity contribution >= 4 is 45.9 Å². The Balaban J connectivity index is 0.00000158. The molecule has 0 unspecified atom stereocenters. The van der Waals surface area contributed by atoms with Crippen molar-refractivity contribution in [1.82, 2.24) is 19.9 Å². The number of aryl methyl sites for hydroxylation is 1. The Morgan fingerprint density at radius 2 is 1.97 bits per heavy atom. The molecule has 3 aromatic rings. The second-order valence-electron chi connectivity index (χ2n) is 7.20. The lowest BCUT2D eigenvalue weighted by atomic mass is 10.2. The molecule has 3 heterocycles. The number of anilines is 3. The summed E-state index contributed by atoms with van der Waals surface area (Å²) < 4.78 is 12.3. The number of pyridine rings is 1. The number of rotatable bonds is 6. The Kier molecular flexibility index (Phi) is 8.67. The molecule has 2 aromatic heterocycles. The summed E-state index contributed by atoms with van der Waals surface area (Å²) in [5.74, 6) is 0.823. The normalized spacial score (nSPS) is 13.1. The van der Waals surface area contributed by atoms with Gasteiger partial charge in [-0.05, 0) is 24.3 Å². The number of hydrogen-bond donors (Lipinski definition) is 2. The van der Waals surface area contributed by atoms with Gasteiger partial charge in [0, 0.05) is 38.3 Å². The van der Waals surface area contributed by atoms with Crippen molar-refractivity contribution in [1.29, 1.82) is 0 Å². The van der Waals surface area contributed by atoms with Crippen molar-refractivity contribution in [3.05, 3.63) is 45.8 Å². The first-order chi connectivity index (χ1) is 16.5. The highest BCUT2D eigenvalue weighted by atomic mass is 35.5. The van der Waals surface area contributed by atoms with Gasteiger partial charge in [-0.1, -0.05) is 25.4 Å². The van der Waals surface area contributed by atoms with Gasteiger partial charge in [0.05, 0.1) is 24.9 Å². The molecular formula is C23H29ClN6O4.